The lowest BCUT2D eigenvalue weighted by atomic mass is 10.1. The minimum absolute atomic E-state index is 0.0186. The van der Waals surface area contributed by atoms with Gasteiger partial charge in [-0.05, 0) is 30.0 Å². The highest BCUT2D eigenvalue weighted by atomic mass is 32.1. The van der Waals surface area contributed by atoms with Gasteiger partial charge >= 0.3 is 0 Å². The Bertz CT molecular complexity index is 729. The van der Waals surface area contributed by atoms with Crippen molar-refractivity contribution in [3.05, 3.63) is 46.2 Å². The van der Waals surface area contributed by atoms with Gasteiger partial charge in [-0.2, -0.15) is 0 Å². The van der Waals surface area contributed by atoms with Gasteiger partial charge in [-0.3, -0.25) is 14.7 Å². The van der Waals surface area contributed by atoms with Crippen LogP contribution in [0.3, 0.4) is 0 Å². The third-order valence-corrected chi connectivity index (χ3v) is 5.64. The fraction of sp³-hybridized carbons (Fsp3) is 0.571. The van der Waals surface area contributed by atoms with Crippen LogP contribution in [-0.4, -0.2) is 65.1 Å². The van der Waals surface area contributed by atoms with Crippen LogP contribution in [0.5, 0.6) is 0 Å². The highest BCUT2D eigenvalue weighted by Crippen LogP contribution is 2.17. The minimum atomic E-state index is 0.0186. The van der Waals surface area contributed by atoms with Crippen LogP contribution in [0.2, 0.25) is 0 Å². The summed E-state index contributed by atoms with van der Waals surface area (Å²) >= 11 is 1.59. The van der Waals surface area contributed by atoms with Crippen molar-refractivity contribution in [2.75, 3.05) is 39.4 Å². The van der Waals surface area contributed by atoms with Crippen molar-refractivity contribution in [3.63, 3.8) is 0 Å². The molecular weight excluding hydrogens is 372 g/mol. The molecule has 0 unspecified atom stereocenters. The monoisotopic (exact) mass is 402 g/mol. The second-order valence-electron chi connectivity index (χ2n) is 7.61. The summed E-state index contributed by atoms with van der Waals surface area (Å²) in [5, 5.41) is 2.94. The summed E-state index contributed by atoms with van der Waals surface area (Å²) in [6.07, 6.45) is 5.41. The van der Waals surface area contributed by atoms with E-state index in [9.17, 15) is 4.79 Å². The number of aromatic nitrogens is 2. The summed E-state index contributed by atoms with van der Waals surface area (Å²) in [5.74, 6) is 0.556. The molecule has 1 aliphatic heterocycles. The number of morpholine rings is 1. The van der Waals surface area contributed by atoms with Crippen molar-refractivity contribution in [2.45, 2.75) is 33.2 Å². The van der Waals surface area contributed by atoms with E-state index in [-0.39, 0.29) is 5.91 Å². The zero-order valence-corrected chi connectivity index (χ0v) is 17.7. The Hall–Kier alpha value is -1.83. The molecule has 1 amide bonds. The molecule has 1 saturated heterocycles. The Morgan fingerprint density at radius 1 is 1.29 bits per heavy atom. The van der Waals surface area contributed by atoms with E-state index in [1.165, 1.54) is 0 Å². The zero-order valence-electron chi connectivity index (χ0n) is 16.8. The first-order chi connectivity index (χ1) is 13.6. The maximum absolute atomic E-state index is 13.2. The maximum atomic E-state index is 13.2. The topological polar surface area (TPSA) is 58.6 Å². The first kappa shape index (κ1) is 20.9. The number of nitrogens with zero attached hydrogens (tertiary/aromatic N) is 4. The van der Waals surface area contributed by atoms with Gasteiger partial charge in [0.25, 0.3) is 5.91 Å². The molecule has 152 valence electrons. The average Bonchev–Trinajstić information content (AvgIpc) is 3.16. The molecule has 0 aromatic carbocycles. The predicted octanol–water partition coefficient (Wildman–Crippen LogP) is 3.10. The molecule has 1 aliphatic rings. The number of hydrogen-bond donors (Lipinski definition) is 0. The molecule has 2 aromatic rings. The van der Waals surface area contributed by atoms with Gasteiger partial charge in [-0.15, -0.1) is 11.3 Å². The smallest absolute Gasteiger partial charge is 0.273 e. The zero-order chi connectivity index (χ0) is 19.8. The molecule has 0 aliphatic carbocycles. The van der Waals surface area contributed by atoms with Crippen molar-refractivity contribution >= 4 is 17.2 Å². The van der Waals surface area contributed by atoms with Crippen molar-refractivity contribution in [3.8, 4) is 0 Å². The second kappa shape index (κ2) is 10.6. The Morgan fingerprint density at radius 3 is 2.75 bits per heavy atom. The maximum Gasteiger partial charge on any atom is 0.273 e. The lowest BCUT2D eigenvalue weighted by Crippen LogP contribution is -2.39. The fourth-order valence-corrected chi connectivity index (χ4v) is 4.27. The van der Waals surface area contributed by atoms with Crippen LogP contribution >= 0.6 is 11.3 Å². The van der Waals surface area contributed by atoms with Gasteiger partial charge in [0, 0.05) is 56.9 Å². The van der Waals surface area contributed by atoms with E-state index < -0.39 is 0 Å². The quantitative estimate of drug-likeness (QED) is 0.645. The summed E-state index contributed by atoms with van der Waals surface area (Å²) in [6.45, 7) is 10.2. The summed E-state index contributed by atoms with van der Waals surface area (Å²) < 4.78 is 5.41. The van der Waals surface area contributed by atoms with Crippen molar-refractivity contribution in [1.82, 2.24) is 19.8 Å². The lowest BCUT2D eigenvalue weighted by molar-refractivity contribution is 0.0355. The van der Waals surface area contributed by atoms with Crippen LogP contribution in [0.15, 0.2) is 29.9 Å². The fourth-order valence-electron chi connectivity index (χ4n) is 3.29. The van der Waals surface area contributed by atoms with E-state index in [4.69, 9.17) is 4.74 Å². The number of carbonyl (C=O) groups is 1. The Balaban J connectivity index is 1.64. The van der Waals surface area contributed by atoms with Crippen molar-refractivity contribution in [2.24, 2.45) is 5.92 Å². The molecule has 1 fully saturated rings. The molecule has 28 heavy (non-hydrogen) atoms. The average molecular weight is 403 g/mol. The number of pyridine rings is 1. The van der Waals surface area contributed by atoms with Gasteiger partial charge in [-0.1, -0.05) is 13.8 Å². The van der Waals surface area contributed by atoms with Crippen LogP contribution in [0.1, 0.15) is 41.3 Å². The number of carbonyl (C=O) groups excluding carboxylic acids is 1. The minimum Gasteiger partial charge on any atom is -0.379 e. The number of ether oxygens (including phenoxy) is 1. The Morgan fingerprint density at radius 2 is 2.04 bits per heavy atom. The largest absolute Gasteiger partial charge is 0.379 e. The molecule has 0 atom stereocenters. The van der Waals surface area contributed by atoms with Crippen LogP contribution in [0.25, 0.3) is 0 Å². The summed E-state index contributed by atoms with van der Waals surface area (Å²) in [5.41, 5.74) is 1.66. The predicted molar refractivity (Wildman–Crippen MR) is 112 cm³/mol. The highest BCUT2D eigenvalue weighted by molar-refractivity contribution is 7.09. The normalized spacial score (nSPS) is 15.1. The third kappa shape index (κ3) is 6.36. The first-order valence-electron chi connectivity index (χ1n) is 10.0. The Labute approximate surface area is 171 Å². The third-order valence-electron chi connectivity index (χ3n) is 4.77. The van der Waals surface area contributed by atoms with E-state index in [0.717, 1.165) is 62.8 Å². The van der Waals surface area contributed by atoms with Crippen LogP contribution < -0.4 is 0 Å². The van der Waals surface area contributed by atoms with E-state index in [2.05, 4.69) is 28.7 Å². The molecule has 0 spiro atoms. The van der Waals surface area contributed by atoms with Gasteiger partial charge in [0.05, 0.1) is 18.2 Å². The summed E-state index contributed by atoms with van der Waals surface area (Å²) in [4.78, 5) is 26.2. The summed E-state index contributed by atoms with van der Waals surface area (Å²) in [6, 6.07) is 3.93. The van der Waals surface area contributed by atoms with Gasteiger partial charge in [-0.25, -0.2) is 4.98 Å². The van der Waals surface area contributed by atoms with Crippen molar-refractivity contribution in [1.29, 1.82) is 0 Å². The van der Waals surface area contributed by atoms with Gasteiger partial charge in [0.1, 0.15) is 5.69 Å². The standard InChI is InChI=1S/C21H30N4O2S/c1-17(2)14-20-23-19(16-28-20)21(26)25(15-18-4-6-22-7-5-18)9-3-8-24-10-12-27-13-11-24/h4-7,16-17H,3,8-15H2,1-2H3. The number of rotatable bonds is 9. The van der Waals surface area contributed by atoms with Crippen LogP contribution in [-0.2, 0) is 17.7 Å². The molecular formula is C21H30N4O2S. The SMILES string of the molecule is CC(C)Cc1nc(C(=O)N(CCCN2CCOCC2)Cc2ccncc2)cs1. The second-order valence-corrected chi connectivity index (χ2v) is 8.56. The number of thiazole rings is 1. The number of amides is 1. The molecule has 7 heteroatoms. The van der Waals surface area contributed by atoms with Crippen molar-refractivity contribution < 1.29 is 9.53 Å². The van der Waals surface area contributed by atoms with Crippen LogP contribution in [0.4, 0.5) is 0 Å². The Kier molecular flexibility index (Phi) is 7.94. The van der Waals surface area contributed by atoms with E-state index in [0.29, 0.717) is 18.2 Å². The lowest BCUT2D eigenvalue weighted by Gasteiger charge is -2.28. The molecule has 2 aromatic heterocycles. The molecule has 0 bridgehead atoms. The van der Waals surface area contributed by atoms with E-state index in [1.54, 1.807) is 23.7 Å². The molecule has 3 rings (SSSR count). The van der Waals surface area contributed by atoms with E-state index in [1.807, 2.05) is 22.4 Å². The van der Waals surface area contributed by atoms with Gasteiger partial charge < -0.3 is 9.64 Å². The highest BCUT2D eigenvalue weighted by Gasteiger charge is 2.20. The molecule has 6 nitrogen and oxygen atoms in total. The molecule has 0 saturated carbocycles. The summed E-state index contributed by atoms with van der Waals surface area (Å²) in [7, 11) is 0. The van der Waals surface area contributed by atoms with Gasteiger partial charge in [0.2, 0.25) is 0 Å². The molecule has 0 radical (unpaired) electrons. The van der Waals surface area contributed by atoms with Gasteiger partial charge in [0.15, 0.2) is 0 Å². The van der Waals surface area contributed by atoms with E-state index >= 15 is 0 Å². The van der Waals surface area contributed by atoms with Crippen LogP contribution in [0, 0.1) is 5.92 Å². The number of hydrogen-bond acceptors (Lipinski definition) is 6. The molecule has 3 heterocycles. The molecule has 0 N–H and O–H groups in total. The first-order valence-corrected chi connectivity index (χ1v) is 10.9.